The van der Waals surface area contributed by atoms with Crippen LogP contribution in [0.15, 0.2) is 0 Å². The first-order valence-corrected chi connectivity index (χ1v) is 4.52. The van der Waals surface area contributed by atoms with Gasteiger partial charge in [0.2, 0.25) is 0 Å². The molecule has 0 rings (SSSR count). The van der Waals surface area contributed by atoms with Gasteiger partial charge in [0, 0.05) is 15.5 Å². The van der Waals surface area contributed by atoms with Crippen molar-refractivity contribution in [1.82, 2.24) is 0 Å². The van der Waals surface area contributed by atoms with Crippen LogP contribution in [-0.4, -0.2) is 16.2 Å². The Morgan fingerprint density at radius 2 is 1.44 bits per heavy atom. The average Bonchev–Trinajstić information content (AvgIpc) is 1.68. The zero-order valence-electron chi connectivity index (χ0n) is 4.39. The minimum atomic E-state index is -2.92. The molecule has 0 aliphatic rings. The van der Waals surface area contributed by atoms with Crippen molar-refractivity contribution in [3.05, 3.63) is 0 Å². The van der Waals surface area contributed by atoms with Gasteiger partial charge < -0.3 is 0 Å². The molecule has 0 bridgehead atoms. The number of rotatable bonds is 2. The smallest absolute Gasteiger partial charge is 0.131 e. The van der Waals surface area contributed by atoms with Crippen molar-refractivity contribution < 1.29 is 23.2 Å². The van der Waals surface area contributed by atoms with Crippen LogP contribution in [-0.2, 0) is 13.4 Å². The van der Waals surface area contributed by atoms with Crippen LogP contribution in [0.5, 0.6) is 0 Å². The Bertz CT molecular complexity index is 91.1. The van der Waals surface area contributed by atoms with Crippen LogP contribution < -0.4 is 0 Å². The van der Waals surface area contributed by atoms with Gasteiger partial charge in [-0.2, -0.15) is 0 Å². The normalized spacial score (nSPS) is 11.1. The fraction of sp³-hybridized carbons (Fsp3) is 1.00. The minimum absolute atomic E-state index is 1.47. The molecule has 9 heavy (non-hydrogen) atoms. The molecule has 0 amide bonds. The summed E-state index contributed by atoms with van der Waals surface area (Å²) in [5, 5.41) is 0. The number of hydrogen-bond acceptors (Lipinski definition) is 3. The molecule has 0 spiro atoms. The summed E-state index contributed by atoms with van der Waals surface area (Å²) in [6.45, 7) is 0. The Balaban J connectivity index is 0. The van der Waals surface area contributed by atoms with Gasteiger partial charge in [0.1, 0.15) is 0 Å². The molecule has 2 unspecified atom stereocenters. The fourth-order valence-electron chi connectivity index (χ4n) is 0.0598. The first-order valence-electron chi connectivity index (χ1n) is 1.51. The molecule has 5 nitrogen and oxygen atoms in total. The molecule has 2 atom stereocenters. The van der Waals surface area contributed by atoms with E-state index in [4.69, 9.17) is 9.79 Å². The SMILES string of the molecule is CCl.O=[P+](O)O[P+](=O)O. The van der Waals surface area contributed by atoms with Crippen LogP contribution in [0, 0.1) is 0 Å². The second-order valence-electron chi connectivity index (χ2n) is 0.557. The molecule has 8 heteroatoms. The molecular weight excluding hydrogens is 189 g/mol. The molecule has 2 N–H and O–H groups in total. The number of alkyl halides is 1. The van der Waals surface area contributed by atoms with E-state index in [-0.39, 0.29) is 0 Å². The lowest BCUT2D eigenvalue weighted by atomic mass is 12.0. The Labute approximate surface area is 58.5 Å². The number of halogens is 1. The Morgan fingerprint density at radius 3 is 1.44 bits per heavy atom. The molecule has 54 valence electrons. The van der Waals surface area contributed by atoms with Crippen molar-refractivity contribution in [2.24, 2.45) is 0 Å². The summed E-state index contributed by atoms with van der Waals surface area (Å²) < 4.78 is 22.2. The predicted molar refractivity (Wildman–Crippen MR) is 32.5 cm³/mol. The molecule has 0 radical (unpaired) electrons. The highest BCUT2D eigenvalue weighted by molar-refractivity contribution is 7.46. The van der Waals surface area contributed by atoms with Crippen molar-refractivity contribution in [3.8, 4) is 0 Å². The van der Waals surface area contributed by atoms with Gasteiger partial charge in [0.25, 0.3) is 0 Å². The molecule has 0 aliphatic heterocycles. The minimum Gasteiger partial charge on any atom is -0.131 e. The third kappa shape index (κ3) is 17.8. The van der Waals surface area contributed by atoms with E-state index in [1.54, 1.807) is 0 Å². The largest absolute Gasteiger partial charge is 0.745 e. The van der Waals surface area contributed by atoms with Crippen LogP contribution >= 0.6 is 28.1 Å². The van der Waals surface area contributed by atoms with Crippen molar-refractivity contribution in [1.29, 1.82) is 0 Å². The molecule has 0 heterocycles. The molecule has 0 aromatic rings. The van der Waals surface area contributed by atoms with Crippen molar-refractivity contribution in [3.63, 3.8) is 0 Å². The lowest BCUT2D eigenvalue weighted by molar-refractivity contribution is 0.371. The average molecular weight is 194 g/mol. The van der Waals surface area contributed by atoms with Gasteiger partial charge >= 0.3 is 16.5 Å². The zero-order valence-corrected chi connectivity index (χ0v) is 6.94. The highest BCUT2D eigenvalue weighted by Gasteiger charge is 2.31. The highest BCUT2D eigenvalue weighted by Crippen LogP contribution is 2.30. The summed E-state index contributed by atoms with van der Waals surface area (Å²) in [5.74, 6) is 0. The summed E-state index contributed by atoms with van der Waals surface area (Å²) in [6, 6.07) is 0. The van der Waals surface area contributed by atoms with Gasteiger partial charge in [-0.15, -0.1) is 21.4 Å². The van der Waals surface area contributed by atoms with E-state index >= 15 is 0 Å². The topological polar surface area (TPSA) is 83.8 Å². The molecule has 0 saturated heterocycles. The third-order valence-electron chi connectivity index (χ3n) is 0.140. The van der Waals surface area contributed by atoms with E-state index in [0.29, 0.717) is 0 Å². The first-order chi connectivity index (χ1) is 4.13. The van der Waals surface area contributed by atoms with Gasteiger partial charge in [-0.25, -0.2) is 0 Å². The van der Waals surface area contributed by atoms with E-state index in [1.165, 1.54) is 6.38 Å². The summed E-state index contributed by atoms with van der Waals surface area (Å²) in [7, 11) is -5.85. The van der Waals surface area contributed by atoms with Crippen molar-refractivity contribution in [2.75, 3.05) is 6.38 Å². The molecule has 0 aliphatic carbocycles. The van der Waals surface area contributed by atoms with E-state index in [0.717, 1.165) is 0 Å². The lowest BCUT2D eigenvalue weighted by Crippen LogP contribution is -1.58. The van der Waals surface area contributed by atoms with Crippen molar-refractivity contribution >= 4 is 28.1 Å². The molecule has 0 saturated carbocycles. The maximum atomic E-state index is 9.39. The third-order valence-corrected chi connectivity index (χ3v) is 1.26. The lowest BCUT2D eigenvalue weighted by Gasteiger charge is -1.50. The van der Waals surface area contributed by atoms with Gasteiger partial charge in [0.05, 0.1) is 0 Å². The van der Waals surface area contributed by atoms with Crippen molar-refractivity contribution in [2.45, 2.75) is 0 Å². The van der Waals surface area contributed by atoms with Crippen LogP contribution in [0.2, 0.25) is 0 Å². The summed E-state index contributed by atoms with van der Waals surface area (Å²) >= 11 is 4.64. The Kier molecular flexibility index (Phi) is 11.2. The van der Waals surface area contributed by atoms with E-state index < -0.39 is 16.5 Å². The Hall–Kier alpha value is 0.370. The summed E-state index contributed by atoms with van der Waals surface area (Å²) in [6.07, 6.45) is 1.47. The quantitative estimate of drug-likeness (QED) is 0.509. The van der Waals surface area contributed by atoms with E-state index in [1.807, 2.05) is 0 Å². The van der Waals surface area contributed by atoms with Gasteiger partial charge in [-0.3, -0.25) is 0 Å². The Morgan fingerprint density at radius 1 is 1.22 bits per heavy atom. The maximum absolute atomic E-state index is 9.39. The fourth-order valence-corrected chi connectivity index (χ4v) is 0.538. The van der Waals surface area contributed by atoms with E-state index in [9.17, 15) is 9.13 Å². The first kappa shape index (κ1) is 12.1. The van der Waals surface area contributed by atoms with E-state index in [2.05, 4.69) is 15.9 Å². The summed E-state index contributed by atoms with van der Waals surface area (Å²) in [5.41, 5.74) is 0. The number of hydrogen-bond donors (Lipinski definition) is 2. The molecule has 0 aromatic heterocycles. The van der Waals surface area contributed by atoms with Gasteiger partial charge in [-0.1, -0.05) is 0 Å². The van der Waals surface area contributed by atoms with Gasteiger partial charge in [-0.05, 0) is 0 Å². The second-order valence-corrected chi connectivity index (χ2v) is 2.16. The van der Waals surface area contributed by atoms with Crippen LogP contribution in [0.1, 0.15) is 0 Å². The maximum Gasteiger partial charge on any atom is 0.745 e. The molecule has 0 fully saturated rings. The highest BCUT2D eigenvalue weighted by atomic mass is 35.5. The standard InChI is InChI=1S/CH3Cl.O5P2/c1-2;1-6(2)5-7(3)4/h1H3;/p+2. The second kappa shape index (κ2) is 8.37. The zero-order chi connectivity index (χ0) is 7.86. The monoisotopic (exact) mass is 194 g/mol. The van der Waals surface area contributed by atoms with Crippen LogP contribution in [0.3, 0.4) is 0 Å². The van der Waals surface area contributed by atoms with Crippen LogP contribution in [0.4, 0.5) is 0 Å². The molecule has 0 aromatic carbocycles. The predicted octanol–water partition coefficient (Wildman–Crippen LogP) is 1.16. The van der Waals surface area contributed by atoms with Gasteiger partial charge in [0.15, 0.2) is 4.31 Å². The molecular formula is CH5ClO5P2+2. The van der Waals surface area contributed by atoms with Crippen LogP contribution in [0.25, 0.3) is 0 Å². The summed E-state index contributed by atoms with van der Waals surface area (Å²) in [4.78, 5) is 15.3.